The van der Waals surface area contributed by atoms with Gasteiger partial charge in [-0.2, -0.15) is 0 Å². The van der Waals surface area contributed by atoms with Gasteiger partial charge < -0.3 is 4.90 Å². The molecule has 94 valence electrons. The minimum Gasteiger partial charge on any atom is -0.378 e. The number of hydrogen-bond acceptors (Lipinski definition) is 2. The van der Waals surface area contributed by atoms with Crippen molar-refractivity contribution in [1.82, 2.24) is 0 Å². The van der Waals surface area contributed by atoms with Gasteiger partial charge in [0.05, 0.1) is 16.6 Å². The van der Waals surface area contributed by atoms with Gasteiger partial charge in [-0.3, -0.25) is 4.21 Å². The van der Waals surface area contributed by atoms with Crippen LogP contribution in [0.15, 0.2) is 59.5 Å². The second-order valence-electron chi connectivity index (χ2n) is 4.36. The Hall–Kier alpha value is -1.61. The largest absolute Gasteiger partial charge is 0.378 e. The van der Waals surface area contributed by atoms with E-state index in [1.807, 2.05) is 73.6 Å². The molecule has 0 N–H and O–H groups in total. The molecule has 0 bridgehead atoms. The maximum atomic E-state index is 12.2. The fraction of sp³-hybridized carbons (Fsp3) is 0.200. The summed E-state index contributed by atoms with van der Waals surface area (Å²) in [5.41, 5.74) is 2.22. The van der Waals surface area contributed by atoms with E-state index >= 15 is 0 Å². The quantitative estimate of drug-likeness (QED) is 0.841. The van der Waals surface area contributed by atoms with E-state index in [-0.39, 0.29) is 0 Å². The molecule has 0 aliphatic heterocycles. The molecular formula is C15H17NOS. The minimum absolute atomic E-state index is 0.572. The van der Waals surface area contributed by atoms with Crippen LogP contribution in [0.5, 0.6) is 0 Å². The van der Waals surface area contributed by atoms with Crippen LogP contribution >= 0.6 is 0 Å². The van der Waals surface area contributed by atoms with Crippen LogP contribution in [-0.2, 0) is 16.6 Å². The summed E-state index contributed by atoms with van der Waals surface area (Å²) in [5.74, 6) is 0.572. The fourth-order valence-corrected chi connectivity index (χ4v) is 2.81. The van der Waals surface area contributed by atoms with Crippen LogP contribution in [0.2, 0.25) is 0 Å². The molecule has 0 aromatic heterocycles. The van der Waals surface area contributed by atoms with Crippen LogP contribution in [0.25, 0.3) is 0 Å². The molecule has 0 fully saturated rings. The Morgan fingerprint density at radius 3 is 2.11 bits per heavy atom. The molecule has 0 saturated carbocycles. The van der Waals surface area contributed by atoms with Gasteiger partial charge in [0.2, 0.25) is 0 Å². The first-order chi connectivity index (χ1) is 8.66. The van der Waals surface area contributed by atoms with Gasteiger partial charge in [0.25, 0.3) is 0 Å². The summed E-state index contributed by atoms with van der Waals surface area (Å²) in [5, 5.41) is 0. The van der Waals surface area contributed by atoms with Gasteiger partial charge in [-0.25, -0.2) is 0 Å². The van der Waals surface area contributed by atoms with Gasteiger partial charge in [0.15, 0.2) is 0 Å². The molecule has 0 radical (unpaired) electrons. The van der Waals surface area contributed by atoms with Gasteiger partial charge in [0.1, 0.15) is 0 Å². The van der Waals surface area contributed by atoms with E-state index < -0.39 is 10.8 Å². The predicted octanol–water partition coefficient (Wildman–Crippen LogP) is 3.06. The van der Waals surface area contributed by atoms with Crippen LogP contribution in [-0.4, -0.2) is 18.3 Å². The number of rotatable bonds is 4. The molecule has 0 aliphatic rings. The van der Waals surface area contributed by atoms with E-state index in [9.17, 15) is 4.21 Å². The number of hydrogen-bond donors (Lipinski definition) is 0. The van der Waals surface area contributed by atoms with Crippen molar-refractivity contribution in [2.75, 3.05) is 19.0 Å². The van der Waals surface area contributed by atoms with Crippen LogP contribution in [0.1, 0.15) is 5.56 Å². The Labute approximate surface area is 111 Å². The van der Waals surface area contributed by atoms with E-state index in [0.717, 1.165) is 16.1 Å². The maximum absolute atomic E-state index is 12.2. The van der Waals surface area contributed by atoms with Crippen molar-refractivity contribution < 1.29 is 4.21 Å². The summed E-state index contributed by atoms with van der Waals surface area (Å²) in [4.78, 5) is 2.91. The zero-order valence-corrected chi connectivity index (χ0v) is 11.5. The van der Waals surface area contributed by atoms with E-state index in [0.29, 0.717) is 5.75 Å². The van der Waals surface area contributed by atoms with Crippen molar-refractivity contribution in [3.8, 4) is 0 Å². The normalized spacial score (nSPS) is 12.1. The third-order valence-corrected chi connectivity index (χ3v) is 4.15. The number of anilines is 1. The molecule has 2 nitrogen and oxygen atoms in total. The Balaban J connectivity index is 2.10. The molecule has 1 atom stereocenters. The van der Waals surface area contributed by atoms with Crippen LogP contribution in [0.4, 0.5) is 5.69 Å². The van der Waals surface area contributed by atoms with Gasteiger partial charge in [-0.1, -0.05) is 30.3 Å². The Kier molecular flexibility index (Phi) is 4.15. The van der Waals surface area contributed by atoms with Crippen LogP contribution < -0.4 is 4.90 Å². The Morgan fingerprint density at radius 1 is 0.944 bits per heavy atom. The van der Waals surface area contributed by atoms with Gasteiger partial charge in [0, 0.05) is 24.7 Å². The first-order valence-electron chi connectivity index (χ1n) is 5.86. The first kappa shape index (κ1) is 12.8. The van der Waals surface area contributed by atoms with Crippen molar-refractivity contribution in [3.63, 3.8) is 0 Å². The van der Waals surface area contributed by atoms with Crippen molar-refractivity contribution >= 4 is 16.5 Å². The molecule has 0 amide bonds. The van der Waals surface area contributed by atoms with Crippen LogP contribution in [0, 0.1) is 0 Å². The highest BCUT2D eigenvalue weighted by atomic mass is 32.2. The van der Waals surface area contributed by atoms with Crippen molar-refractivity contribution in [2.24, 2.45) is 0 Å². The standard InChI is InChI=1S/C15H17NOS/c1-16(2)14-8-10-15(11-9-14)18(17)12-13-6-4-3-5-7-13/h3-11H,12H2,1-2H3. The van der Waals surface area contributed by atoms with E-state index in [4.69, 9.17) is 0 Å². The van der Waals surface area contributed by atoms with Crippen LogP contribution in [0.3, 0.4) is 0 Å². The third kappa shape index (κ3) is 3.20. The fourth-order valence-electron chi connectivity index (χ4n) is 1.71. The highest BCUT2D eigenvalue weighted by molar-refractivity contribution is 7.84. The zero-order chi connectivity index (χ0) is 13.0. The van der Waals surface area contributed by atoms with Crippen molar-refractivity contribution in [3.05, 3.63) is 60.2 Å². The van der Waals surface area contributed by atoms with E-state index in [1.165, 1.54) is 0 Å². The summed E-state index contributed by atoms with van der Waals surface area (Å²) in [6.45, 7) is 0. The lowest BCUT2D eigenvalue weighted by Crippen LogP contribution is -2.08. The molecule has 1 unspecified atom stereocenters. The van der Waals surface area contributed by atoms with Gasteiger partial charge in [-0.05, 0) is 29.8 Å². The van der Waals surface area contributed by atoms with Crippen molar-refractivity contribution in [2.45, 2.75) is 10.6 Å². The lowest BCUT2D eigenvalue weighted by molar-refractivity contribution is 0.682. The third-order valence-electron chi connectivity index (χ3n) is 2.76. The minimum atomic E-state index is -0.974. The Morgan fingerprint density at radius 2 is 1.56 bits per heavy atom. The van der Waals surface area contributed by atoms with E-state index in [1.54, 1.807) is 0 Å². The summed E-state index contributed by atoms with van der Waals surface area (Å²) in [6.07, 6.45) is 0. The molecule has 3 heteroatoms. The van der Waals surface area contributed by atoms with Crippen molar-refractivity contribution in [1.29, 1.82) is 0 Å². The Bertz CT molecular complexity index is 520. The zero-order valence-electron chi connectivity index (χ0n) is 10.7. The number of benzene rings is 2. The second-order valence-corrected chi connectivity index (χ2v) is 5.81. The molecule has 2 aromatic rings. The molecule has 2 aromatic carbocycles. The lowest BCUT2D eigenvalue weighted by Gasteiger charge is -2.12. The molecular weight excluding hydrogens is 242 g/mol. The summed E-state index contributed by atoms with van der Waals surface area (Å²) >= 11 is 0. The first-order valence-corrected chi connectivity index (χ1v) is 7.18. The summed E-state index contributed by atoms with van der Waals surface area (Å²) < 4.78 is 12.2. The molecule has 0 aliphatic carbocycles. The molecule has 0 spiro atoms. The average molecular weight is 259 g/mol. The number of nitrogens with zero attached hydrogens (tertiary/aromatic N) is 1. The monoisotopic (exact) mass is 259 g/mol. The second kappa shape index (κ2) is 5.83. The van der Waals surface area contributed by atoms with Gasteiger partial charge in [-0.15, -0.1) is 0 Å². The predicted molar refractivity (Wildman–Crippen MR) is 77.3 cm³/mol. The van der Waals surface area contributed by atoms with Gasteiger partial charge >= 0.3 is 0 Å². The lowest BCUT2D eigenvalue weighted by atomic mass is 10.2. The highest BCUT2D eigenvalue weighted by Crippen LogP contribution is 2.17. The molecule has 0 saturated heterocycles. The SMILES string of the molecule is CN(C)c1ccc(S(=O)Cc2ccccc2)cc1. The van der Waals surface area contributed by atoms with E-state index in [2.05, 4.69) is 0 Å². The highest BCUT2D eigenvalue weighted by Gasteiger charge is 2.05. The smallest absolute Gasteiger partial charge is 0.0574 e. The maximum Gasteiger partial charge on any atom is 0.0574 e. The topological polar surface area (TPSA) is 20.3 Å². The molecule has 18 heavy (non-hydrogen) atoms. The molecule has 2 rings (SSSR count). The summed E-state index contributed by atoms with van der Waals surface area (Å²) in [6, 6.07) is 17.8. The molecule has 0 heterocycles. The average Bonchev–Trinajstić information content (AvgIpc) is 2.40. The summed E-state index contributed by atoms with van der Waals surface area (Å²) in [7, 11) is 3.02.